The zero-order valence-corrected chi connectivity index (χ0v) is 9.24. The molecule has 1 fully saturated rings. The van der Waals surface area contributed by atoms with Crippen molar-refractivity contribution in [3.63, 3.8) is 0 Å². The molecule has 0 spiro atoms. The van der Waals surface area contributed by atoms with Crippen molar-refractivity contribution in [3.05, 3.63) is 22.7 Å². The fourth-order valence-corrected chi connectivity index (χ4v) is 1.86. The summed E-state index contributed by atoms with van der Waals surface area (Å²) >= 11 is 0. The number of aliphatic hydroxyl groups excluding tert-OH is 2. The molecule has 0 amide bonds. The highest BCUT2D eigenvalue weighted by molar-refractivity contribution is 5.23. The molecule has 2 heterocycles. The molecule has 2 rings (SSSR count). The van der Waals surface area contributed by atoms with Crippen LogP contribution in [0.4, 0.5) is 5.82 Å². The van der Waals surface area contributed by atoms with E-state index in [-0.39, 0.29) is 25.6 Å². The van der Waals surface area contributed by atoms with Crippen molar-refractivity contribution in [1.82, 2.24) is 9.55 Å². The van der Waals surface area contributed by atoms with Crippen LogP contribution < -0.4 is 11.4 Å². The van der Waals surface area contributed by atoms with E-state index < -0.39 is 17.3 Å². The lowest BCUT2D eigenvalue weighted by Crippen LogP contribution is -2.31. The lowest BCUT2D eigenvalue weighted by molar-refractivity contribution is 0.0220. The first kappa shape index (κ1) is 12.0. The van der Waals surface area contributed by atoms with Crippen molar-refractivity contribution >= 4 is 5.82 Å². The second-order valence-corrected chi connectivity index (χ2v) is 4.33. The second-order valence-electron chi connectivity index (χ2n) is 4.33. The number of aliphatic hydroxyl groups is 2. The third kappa shape index (κ3) is 2.17. The number of hydrogen-bond acceptors (Lipinski definition) is 6. The van der Waals surface area contributed by atoms with E-state index in [9.17, 15) is 15.0 Å². The van der Waals surface area contributed by atoms with Crippen molar-refractivity contribution in [1.29, 1.82) is 0 Å². The maximum absolute atomic E-state index is 11.6. The minimum Gasteiger partial charge on any atom is -0.396 e. The summed E-state index contributed by atoms with van der Waals surface area (Å²) in [5, 5.41) is 18.5. The van der Waals surface area contributed by atoms with Gasteiger partial charge in [-0.25, -0.2) is 4.79 Å². The summed E-state index contributed by atoms with van der Waals surface area (Å²) in [6, 6.07) is 1.50. The number of anilines is 1. The van der Waals surface area contributed by atoms with E-state index >= 15 is 0 Å². The fraction of sp³-hybridized carbons (Fsp3) is 0.600. The first-order valence-electron chi connectivity index (χ1n) is 5.28. The van der Waals surface area contributed by atoms with Crippen LogP contribution in [0.15, 0.2) is 17.1 Å². The Morgan fingerprint density at radius 1 is 1.59 bits per heavy atom. The molecule has 1 aromatic rings. The molecule has 94 valence electrons. The van der Waals surface area contributed by atoms with Crippen molar-refractivity contribution in [3.8, 4) is 0 Å². The van der Waals surface area contributed by atoms with E-state index in [1.54, 1.807) is 0 Å². The number of aromatic nitrogens is 2. The predicted molar refractivity (Wildman–Crippen MR) is 59.1 cm³/mol. The molecule has 1 atom stereocenters. The summed E-state index contributed by atoms with van der Waals surface area (Å²) in [4.78, 5) is 15.2. The normalized spacial score (nSPS) is 22.8. The molecule has 7 heteroatoms. The van der Waals surface area contributed by atoms with E-state index in [0.717, 1.165) is 0 Å². The van der Waals surface area contributed by atoms with Gasteiger partial charge in [0, 0.05) is 18.0 Å². The van der Waals surface area contributed by atoms with Crippen LogP contribution in [0.1, 0.15) is 12.6 Å². The maximum atomic E-state index is 11.6. The SMILES string of the molecule is Nc1ccn(C2CC(CO)(CO)CO2)c(=O)n1. The average molecular weight is 241 g/mol. The van der Waals surface area contributed by atoms with Gasteiger partial charge in [0.15, 0.2) is 0 Å². The smallest absolute Gasteiger partial charge is 0.351 e. The predicted octanol–water partition coefficient (Wildman–Crippen LogP) is -1.28. The van der Waals surface area contributed by atoms with E-state index in [2.05, 4.69) is 4.98 Å². The largest absolute Gasteiger partial charge is 0.396 e. The highest BCUT2D eigenvalue weighted by atomic mass is 16.5. The molecular formula is C10H15N3O4. The number of nitrogens with zero attached hydrogens (tertiary/aromatic N) is 2. The minimum absolute atomic E-state index is 0.153. The second kappa shape index (κ2) is 4.44. The van der Waals surface area contributed by atoms with Crippen LogP contribution in [0.5, 0.6) is 0 Å². The van der Waals surface area contributed by atoms with Crippen LogP contribution in [-0.4, -0.2) is 39.6 Å². The summed E-state index contributed by atoms with van der Waals surface area (Å²) < 4.78 is 6.73. The molecule has 7 nitrogen and oxygen atoms in total. The van der Waals surface area contributed by atoms with Gasteiger partial charge in [0.25, 0.3) is 0 Å². The molecule has 0 aliphatic carbocycles. The van der Waals surface area contributed by atoms with E-state index in [0.29, 0.717) is 6.42 Å². The van der Waals surface area contributed by atoms with Crippen LogP contribution >= 0.6 is 0 Å². The Bertz CT molecular complexity index is 455. The van der Waals surface area contributed by atoms with Crippen molar-refractivity contribution in [2.45, 2.75) is 12.6 Å². The van der Waals surface area contributed by atoms with Gasteiger partial charge in [-0.3, -0.25) is 4.57 Å². The van der Waals surface area contributed by atoms with Crippen LogP contribution in [0.25, 0.3) is 0 Å². The topological polar surface area (TPSA) is 111 Å². The van der Waals surface area contributed by atoms with Gasteiger partial charge in [0.2, 0.25) is 0 Å². The Morgan fingerprint density at radius 2 is 2.29 bits per heavy atom. The van der Waals surface area contributed by atoms with Crippen molar-refractivity contribution < 1.29 is 14.9 Å². The molecule has 17 heavy (non-hydrogen) atoms. The molecule has 0 aromatic carbocycles. The first-order chi connectivity index (χ1) is 8.10. The Morgan fingerprint density at radius 3 is 2.82 bits per heavy atom. The molecular weight excluding hydrogens is 226 g/mol. The van der Waals surface area contributed by atoms with Crippen LogP contribution in [0, 0.1) is 5.41 Å². The van der Waals surface area contributed by atoms with E-state index in [1.807, 2.05) is 0 Å². The Labute approximate surface area is 97.5 Å². The monoisotopic (exact) mass is 241 g/mol. The van der Waals surface area contributed by atoms with Gasteiger partial charge in [0.1, 0.15) is 12.0 Å². The molecule has 0 radical (unpaired) electrons. The lowest BCUT2D eigenvalue weighted by atomic mass is 9.89. The Kier molecular flexibility index (Phi) is 3.14. The third-order valence-electron chi connectivity index (χ3n) is 3.02. The van der Waals surface area contributed by atoms with Crippen LogP contribution in [0.3, 0.4) is 0 Å². The molecule has 1 unspecified atom stereocenters. The first-order valence-corrected chi connectivity index (χ1v) is 5.28. The van der Waals surface area contributed by atoms with Gasteiger partial charge in [0.05, 0.1) is 19.8 Å². The zero-order valence-electron chi connectivity index (χ0n) is 9.24. The Hall–Kier alpha value is -1.44. The third-order valence-corrected chi connectivity index (χ3v) is 3.02. The number of rotatable bonds is 3. The average Bonchev–Trinajstić information content (AvgIpc) is 2.74. The molecule has 1 aliphatic heterocycles. The molecule has 4 N–H and O–H groups in total. The number of nitrogens with two attached hydrogens (primary N) is 1. The summed E-state index contributed by atoms with van der Waals surface area (Å²) in [5.41, 5.74) is 4.20. The van der Waals surface area contributed by atoms with Gasteiger partial charge in [-0.1, -0.05) is 0 Å². The number of nitrogen functional groups attached to an aromatic ring is 1. The van der Waals surface area contributed by atoms with Gasteiger partial charge in [-0.2, -0.15) is 4.98 Å². The standard InChI is InChI=1S/C10H15N3O4/c11-7-1-2-13(9(16)12-7)8-3-10(4-14,5-15)6-17-8/h1-2,8,14-15H,3-6H2,(H2,11,12,16). The maximum Gasteiger partial charge on any atom is 0.351 e. The van der Waals surface area contributed by atoms with E-state index in [4.69, 9.17) is 10.5 Å². The van der Waals surface area contributed by atoms with Crippen molar-refractivity contribution in [2.24, 2.45) is 5.41 Å². The van der Waals surface area contributed by atoms with Crippen molar-refractivity contribution in [2.75, 3.05) is 25.6 Å². The lowest BCUT2D eigenvalue weighted by Gasteiger charge is -2.21. The zero-order chi connectivity index (χ0) is 12.5. The molecule has 1 saturated heterocycles. The number of ether oxygens (including phenoxy) is 1. The molecule has 1 aromatic heterocycles. The van der Waals surface area contributed by atoms with Gasteiger partial charge in [-0.05, 0) is 6.07 Å². The number of hydrogen-bond donors (Lipinski definition) is 3. The Balaban J connectivity index is 2.23. The highest BCUT2D eigenvalue weighted by Crippen LogP contribution is 2.36. The summed E-state index contributed by atoms with van der Waals surface area (Å²) in [6.45, 7) is -0.157. The molecule has 0 saturated carbocycles. The highest BCUT2D eigenvalue weighted by Gasteiger charge is 2.40. The quantitative estimate of drug-likeness (QED) is 0.607. The van der Waals surface area contributed by atoms with Gasteiger partial charge < -0.3 is 20.7 Å². The minimum atomic E-state index is -0.689. The summed E-state index contributed by atoms with van der Waals surface area (Å²) in [6.07, 6.45) is 1.35. The summed E-state index contributed by atoms with van der Waals surface area (Å²) in [7, 11) is 0. The molecule has 0 bridgehead atoms. The van der Waals surface area contributed by atoms with Crippen LogP contribution in [0.2, 0.25) is 0 Å². The van der Waals surface area contributed by atoms with Gasteiger partial charge >= 0.3 is 5.69 Å². The summed E-state index contributed by atoms with van der Waals surface area (Å²) in [5.74, 6) is 0.153. The molecule has 1 aliphatic rings. The fourth-order valence-electron chi connectivity index (χ4n) is 1.86. The van der Waals surface area contributed by atoms with Crippen LogP contribution in [-0.2, 0) is 4.74 Å². The van der Waals surface area contributed by atoms with Gasteiger partial charge in [-0.15, -0.1) is 0 Å². The van der Waals surface area contributed by atoms with E-state index in [1.165, 1.54) is 16.8 Å².